The Morgan fingerprint density at radius 1 is 1.29 bits per heavy atom. The smallest absolute Gasteiger partial charge is 0.314 e. The van der Waals surface area contributed by atoms with Crippen molar-refractivity contribution in [2.75, 3.05) is 25.2 Å². The van der Waals surface area contributed by atoms with Gasteiger partial charge in [-0.2, -0.15) is 4.98 Å². The zero-order valence-electron chi connectivity index (χ0n) is 13.9. The van der Waals surface area contributed by atoms with Crippen molar-refractivity contribution in [3.8, 4) is 17.2 Å². The average Bonchev–Trinajstić information content (AvgIpc) is 2.55. The predicted molar refractivity (Wildman–Crippen MR) is 89.8 cm³/mol. The molecule has 1 aromatic heterocycles. The van der Waals surface area contributed by atoms with Crippen molar-refractivity contribution in [1.29, 1.82) is 0 Å². The number of ether oxygens (including phenoxy) is 2. The second-order valence-corrected chi connectivity index (χ2v) is 5.27. The maximum atomic E-state index is 11.2. The summed E-state index contributed by atoms with van der Waals surface area (Å²) in [4.78, 5) is 18.8. The van der Waals surface area contributed by atoms with Gasteiger partial charge in [-0.15, -0.1) is 0 Å². The molecule has 0 unspecified atom stereocenters. The lowest BCUT2D eigenvalue weighted by molar-refractivity contribution is -0.385. The number of hydrogen-bond donors (Lipinski definition) is 2. The van der Waals surface area contributed by atoms with E-state index < -0.39 is 4.92 Å². The Labute approximate surface area is 139 Å². The maximum absolute atomic E-state index is 11.2. The highest BCUT2D eigenvalue weighted by Crippen LogP contribution is 2.40. The second kappa shape index (κ2) is 6.99. The predicted octanol–water partition coefficient (Wildman–Crippen LogP) is 2.93. The number of nitro groups is 1. The quantitative estimate of drug-likeness (QED) is 0.610. The zero-order chi connectivity index (χ0) is 17.9. The number of nitro benzene ring substituents is 1. The molecule has 9 nitrogen and oxygen atoms in total. The Morgan fingerprint density at radius 3 is 2.50 bits per heavy atom. The minimum atomic E-state index is -0.528. The fraction of sp³-hybridized carbons (Fsp3) is 0.333. The van der Waals surface area contributed by atoms with Crippen molar-refractivity contribution in [3.63, 3.8) is 0 Å². The van der Waals surface area contributed by atoms with Crippen LogP contribution in [-0.2, 0) is 0 Å². The van der Waals surface area contributed by atoms with Crippen LogP contribution in [0.15, 0.2) is 18.3 Å². The Hall–Kier alpha value is -3.10. The van der Waals surface area contributed by atoms with Gasteiger partial charge in [-0.3, -0.25) is 10.1 Å². The summed E-state index contributed by atoms with van der Waals surface area (Å²) in [6.45, 7) is 3.88. The fourth-order valence-corrected chi connectivity index (χ4v) is 2.11. The van der Waals surface area contributed by atoms with Gasteiger partial charge < -0.3 is 20.5 Å². The van der Waals surface area contributed by atoms with Crippen LogP contribution in [0.3, 0.4) is 0 Å². The first-order valence-electron chi connectivity index (χ1n) is 7.21. The van der Waals surface area contributed by atoms with E-state index in [9.17, 15) is 10.1 Å². The third-order valence-electron chi connectivity index (χ3n) is 3.36. The molecule has 24 heavy (non-hydrogen) atoms. The number of rotatable bonds is 6. The van der Waals surface area contributed by atoms with E-state index in [4.69, 9.17) is 15.2 Å². The molecule has 0 amide bonds. The summed E-state index contributed by atoms with van der Waals surface area (Å²) in [6, 6.07) is 2.91. The normalized spacial score (nSPS) is 10.5. The van der Waals surface area contributed by atoms with Crippen LogP contribution >= 0.6 is 0 Å². The topological polar surface area (TPSA) is 125 Å². The molecule has 2 aromatic rings. The van der Waals surface area contributed by atoms with Crippen LogP contribution in [0.5, 0.6) is 17.2 Å². The molecule has 1 aromatic carbocycles. The van der Waals surface area contributed by atoms with E-state index in [0.29, 0.717) is 11.7 Å². The van der Waals surface area contributed by atoms with Gasteiger partial charge >= 0.3 is 5.69 Å². The van der Waals surface area contributed by atoms with Crippen LogP contribution in [0, 0.1) is 10.1 Å². The van der Waals surface area contributed by atoms with E-state index in [1.54, 1.807) is 13.1 Å². The number of benzene rings is 1. The molecule has 3 N–H and O–H groups in total. The number of nitrogens with two attached hydrogens (primary N) is 1. The molecule has 0 atom stereocenters. The second-order valence-electron chi connectivity index (χ2n) is 5.27. The standard InChI is InChI=1S/C15H19N5O4/c1-8(2)9-5-12(23-4)10(20(21)22)6-11(9)24-13-7-18-15(17-3)19-14(13)16/h5-8H,1-4H3,(H3,16,17,18,19). The lowest BCUT2D eigenvalue weighted by Gasteiger charge is -2.16. The van der Waals surface area contributed by atoms with E-state index in [-0.39, 0.29) is 28.9 Å². The Morgan fingerprint density at radius 2 is 2.00 bits per heavy atom. The fourth-order valence-electron chi connectivity index (χ4n) is 2.11. The summed E-state index contributed by atoms with van der Waals surface area (Å²) in [5.74, 6) is 1.23. The van der Waals surface area contributed by atoms with Gasteiger partial charge in [-0.1, -0.05) is 13.8 Å². The molecule has 128 valence electrons. The highest BCUT2D eigenvalue weighted by molar-refractivity contribution is 5.58. The molecule has 0 aliphatic rings. The van der Waals surface area contributed by atoms with Crippen molar-refractivity contribution in [1.82, 2.24) is 9.97 Å². The number of aromatic nitrogens is 2. The highest BCUT2D eigenvalue weighted by atomic mass is 16.6. The van der Waals surface area contributed by atoms with Gasteiger partial charge in [0.05, 0.1) is 24.3 Å². The Kier molecular flexibility index (Phi) is 5.02. The highest BCUT2D eigenvalue weighted by Gasteiger charge is 2.22. The first-order chi connectivity index (χ1) is 11.4. The minimum absolute atomic E-state index is 0.0495. The molecule has 0 radical (unpaired) electrons. The first kappa shape index (κ1) is 17.3. The molecule has 2 rings (SSSR count). The largest absolute Gasteiger partial charge is 0.490 e. The van der Waals surface area contributed by atoms with E-state index in [0.717, 1.165) is 5.56 Å². The van der Waals surface area contributed by atoms with Crippen molar-refractivity contribution in [2.24, 2.45) is 0 Å². The zero-order valence-corrected chi connectivity index (χ0v) is 13.9. The Bertz CT molecular complexity index is 764. The minimum Gasteiger partial charge on any atom is -0.490 e. The molecule has 0 saturated heterocycles. The molecule has 9 heteroatoms. The summed E-state index contributed by atoms with van der Waals surface area (Å²) in [6.07, 6.45) is 1.41. The molecule has 0 aliphatic heterocycles. The van der Waals surface area contributed by atoms with Gasteiger partial charge in [-0.25, -0.2) is 4.98 Å². The van der Waals surface area contributed by atoms with Crippen molar-refractivity contribution in [3.05, 3.63) is 34.0 Å². The van der Waals surface area contributed by atoms with E-state index >= 15 is 0 Å². The van der Waals surface area contributed by atoms with Gasteiger partial charge in [0.25, 0.3) is 0 Å². The van der Waals surface area contributed by atoms with Crippen molar-refractivity contribution >= 4 is 17.5 Å². The van der Waals surface area contributed by atoms with Gasteiger partial charge in [-0.05, 0) is 12.0 Å². The monoisotopic (exact) mass is 333 g/mol. The van der Waals surface area contributed by atoms with E-state index in [1.807, 2.05) is 13.8 Å². The van der Waals surface area contributed by atoms with E-state index in [2.05, 4.69) is 15.3 Å². The molecular formula is C15H19N5O4. The number of hydrogen-bond acceptors (Lipinski definition) is 8. The SMILES string of the molecule is CNc1ncc(Oc2cc([N+](=O)[O-])c(OC)cc2C(C)C)c(N)n1. The first-order valence-corrected chi connectivity index (χ1v) is 7.21. The number of nitrogen functional groups attached to an aromatic ring is 1. The number of methoxy groups -OCH3 is 1. The van der Waals surface area contributed by atoms with Gasteiger partial charge in [0.15, 0.2) is 17.3 Å². The lowest BCUT2D eigenvalue weighted by Crippen LogP contribution is -2.04. The van der Waals surface area contributed by atoms with Crippen LogP contribution < -0.4 is 20.5 Å². The summed E-state index contributed by atoms with van der Waals surface area (Å²) < 4.78 is 10.9. The van der Waals surface area contributed by atoms with Gasteiger partial charge in [0.2, 0.25) is 5.95 Å². The average molecular weight is 333 g/mol. The van der Waals surface area contributed by atoms with Crippen LogP contribution in [0.2, 0.25) is 0 Å². The summed E-state index contributed by atoms with van der Waals surface area (Å²) in [7, 11) is 3.05. The number of anilines is 2. The third-order valence-corrected chi connectivity index (χ3v) is 3.36. The van der Waals surface area contributed by atoms with Crippen LogP contribution in [0.4, 0.5) is 17.5 Å². The molecule has 0 spiro atoms. The lowest BCUT2D eigenvalue weighted by atomic mass is 10.0. The summed E-state index contributed by atoms with van der Waals surface area (Å²) >= 11 is 0. The Balaban J connectivity index is 2.52. The van der Waals surface area contributed by atoms with Crippen LogP contribution in [0.25, 0.3) is 0 Å². The van der Waals surface area contributed by atoms with Crippen molar-refractivity contribution in [2.45, 2.75) is 19.8 Å². The van der Waals surface area contributed by atoms with Gasteiger partial charge in [0, 0.05) is 12.6 Å². The third kappa shape index (κ3) is 3.45. The molecule has 0 aliphatic carbocycles. The van der Waals surface area contributed by atoms with Gasteiger partial charge in [0.1, 0.15) is 5.75 Å². The van der Waals surface area contributed by atoms with Crippen molar-refractivity contribution < 1.29 is 14.4 Å². The molecule has 0 saturated carbocycles. The molecular weight excluding hydrogens is 314 g/mol. The number of nitrogens with one attached hydrogen (secondary N) is 1. The summed E-state index contributed by atoms with van der Waals surface area (Å²) in [5, 5.41) is 14.0. The van der Waals surface area contributed by atoms with E-state index in [1.165, 1.54) is 19.4 Å². The molecule has 1 heterocycles. The van der Waals surface area contributed by atoms with Crippen LogP contribution in [0.1, 0.15) is 25.3 Å². The number of nitrogens with zero attached hydrogens (tertiary/aromatic N) is 3. The van der Waals surface area contributed by atoms with Crippen LogP contribution in [-0.4, -0.2) is 29.0 Å². The maximum Gasteiger partial charge on any atom is 0.314 e. The molecule has 0 fully saturated rings. The molecule has 0 bridgehead atoms. The summed E-state index contributed by atoms with van der Waals surface area (Å²) in [5.41, 5.74) is 6.40.